The first kappa shape index (κ1) is 18.5. The number of hydrogen-bond acceptors (Lipinski definition) is 1. The highest BCUT2D eigenvalue weighted by atomic mass is 16.3. The highest BCUT2D eigenvalue weighted by molar-refractivity contribution is 5.75. The first-order chi connectivity index (χ1) is 9.96. The first-order valence-corrected chi connectivity index (χ1v) is 8.12. The van der Waals surface area contributed by atoms with E-state index >= 15 is 0 Å². The Morgan fingerprint density at radius 1 is 0.727 bits per heavy atom. The Hall–Kier alpha value is -1.50. The fraction of sp³-hybridized carbons (Fsp3) is 0.524. The van der Waals surface area contributed by atoms with E-state index in [2.05, 4.69) is 60.6 Å². The van der Waals surface area contributed by atoms with Crippen LogP contribution in [-0.4, -0.2) is 5.11 Å². The molecule has 0 aromatic heterocycles. The maximum atomic E-state index is 11.1. The molecule has 1 rings (SSSR count). The smallest absolute Gasteiger partial charge is 0.124 e. The largest absolute Gasteiger partial charge is 0.507 e. The van der Waals surface area contributed by atoms with Crippen LogP contribution in [0.15, 0.2) is 12.2 Å². The third-order valence-electron chi connectivity index (χ3n) is 3.99. The maximum absolute atomic E-state index is 11.1. The first-order valence-electron chi connectivity index (χ1n) is 8.12. The van der Waals surface area contributed by atoms with E-state index in [0.717, 1.165) is 22.3 Å². The van der Waals surface area contributed by atoms with Gasteiger partial charge < -0.3 is 5.11 Å². The molecule has 1 heteroatoms. The van der Waals surface area contributed by atoms with Crippen molar-refractivity contribution >= 4 is 12.2 Å². The lowest BCUT2D eigenvalue weighted by molar-refractivity contribution is 0.422. The van der Waals surface area contributed by atoms with Crippen molar-refractivity contribution in [1.82, 2.24) is 0 Å². The lowest BCUT2D eigenvalue weighted by Crippen LogP contribution is -2.21. The summed E-state index contributed by atoms with van der Waals surface area (Å²) in [6.07, 6.45) is 8.34. The van der Waals surface area contributed by atoms with Gasteiger partial charge in [0.1, 0.15) is 5.75 Å². The van der Waals surface area contributed by atoms with Crippen molar-refractivity contribution in [1.29, 1.82) is 0 Å². The summed E-state index contributed by atoms with van der Waals surface area (Å²) in [5, 5.41) is 11.1. The van der Waals surface area contributed by atoms with Crippen LogP contribution in [-0.2, 0) is 10.8 Å². The molecule has 0 saturated heterocycles. The topological polar surface area (TPSA) is 20.2 Å². The molecule has 0 amide bonds. The minimum Gasteiger partial charge on any atom is -0.507 e. The fourth-order valence-electron chi connectivity index (χ4n) is 3.17. The van der Waals surface area contributed by atoms with Crippen LogP contribution in [0.4, 0.5) is 0 Å². The second-order valence-electron chi connectivity index (χ2n) is 8.05. The molecule has 0 bridgehead atoms. The average Bonchev–Trinajstić information content (AvgIpc) is 2.32. The highest BCUT2D eigenvalue weighted by Gasteiger charge is 2.31. The van der Waals surface area contributed by atoms with E-state index in [1.54, 1.807) is 0 Å². The second-order valence-corrected chi connectivity index (χ2v) is 8.05. The summed E-state index contributed by atoms with van der Waals surface area (Å²) in [5.41, 5.74) is 5.39. The van der Waals surface area contributed by atoms with Gasteiger partial charge in [0.25, 0.3) is 0 Å². The number of benzene rings is 1. The van der Waals surface area contributed by atoms with Gasteiger partial charge in [-0.2, -0.15) is 0 Å². The van der Waals surface area contributed by atoms with Gasteiger partial charge in [0.2, 0.25) is 0 Å². The summed E-state index contributed by atoms with van der Waals surface area (Å²) < 4.78 is 0. The van der Waals surface area contributed by atoms with Crippen molar-refractivity contribution in [2.45, 2.75) is 73.1 Å². The summed E-state index contributed by atoms with van der Waals surface area (Å²) in [4.78, 5) is 0. The van der Waals surface area contributed by atoms with Crippen LogP contribution < -0.4 is 0 Å². The van der Waals surface area contributed by atoms with Crippen molar-refractivity contribution in [2.75, 3.05) is 0 Å². The Bertz CT molecular complexity index is 551. The molecule has 0 aliphatic carbocycles. The van der Waals surface area contributed by atoms with Gasteiger partial charge in [-0.1, -0.05) is 65.8 Å². The van der Waals surface area contributed by atoms with E-state index in [1.165, 1.54) is 5.56 Å². The number of hydrogen-bond donors (Lipinski definition) is 1. The van der Waals surface area contributed by atoms with E-state index in [4.69, 9.17) is 0 Å². The summed E-state index contributed by atoms with van der Waals surface area (Å²) >= 11 is 0. The van der Waals surface area contributed by atoms with Crippen LogP contribution in [0.2, 0.25) is 0 Å². The number of phenolic OH excluding ortho intramolecular Hbond substituents is 1. The quantitative estimate of drug-likeness (QED) is 0.673. The van der Waals surface area contributed by atoms with E-state index < -0.39 is 0 Å². The van der Waals surface area contributed by atoms with E-state index in [1.807, 2.05) is 26.0 Å². The summed E-state index contributed by atoms with van der Waals surface area (Å²) in [6, 6.07) is 0. The molecule has 22 heavy (non-hydrogen) atoms. The van der Waals surface area contributed by atoms with Crippen molar-refractivity contribution in [2.24, 2.45) is 0 Å². The van der Waals surface area contributed by atoms with Gasteiger partial charge in [0.15, 0.2) is 0 Å². The molecule has 0 aliphatic rings. The SMILES string of the molecule is CC=Cc1c(C)c(C=CC)c(C(C)(C)C)c(O)c1C(C)(C)C. The van der Waals surface area contributed by atoms with Gasteiger partial charge in [-0.25, -0.2) is 0 Å². The van der Waals surface area contributed by atoms with Crippen LogP contribution in [0.1, 0.15) is 83.2 Å². The van der Waals surface area contributed by atoms with Crippen LogP contribution >= 0.6 is 0 Å². The molecule has 122 valence electrons. The predicted molar refractivity (Wildman–Crippen MR) is 99.7 cm³/mol. The molecule has 0 spiro atoms. The van der Waals surface area contributed by atoms with E-state index in [-0.39, 0.29) is 10.8 Å². The minimum absolute atomic E-state index is 0.113. The zero-order valence-corrected chi connectivity index (χ0v) is 15.8. The van der Waals surface area contributed by atoms with E-state index in [0.29, 0.717) is 5.75 Å². The van der Waals surface area contributed by atoms with Crippen LogP contribution in [0.5, 0.6) is 5.75 Å². The Balaban J connectivity index is 4.08. The molecule has 1 nitrogen and oxygen atoms in total. The Morgan fingerprint density at radius 2 is 1.05 bits per heavy atom. The second kappa shape index (κ2) is 6.32. The molecular weight excluding hydrogens is 268 g/mol. The van der Waals surface area contributed by atoms with Crippen molar-refractivity contribution in [3.8, 4) is 5.75 Å². The molecule has 0 fully saturated rings. The van der Waals surface area contributed by atoms with Gasteiger partial charge in [0, 0.05) is 11.1 Å². The number of rotatable bonds is 2. The Morgan fingerprint density at radius 3 is 1.27 bits per heavy atom. The number of aromatic hydroxyl groups is 1. The molecule has 1 aromatic carbocycles. The predicted octanol–water partition coefficient (Wildman–Crippen LogP) is 6.36. The standard InChI is InChI=1S/C21H32O/c1-10-12-15-14(3)16(13-11-2)18(21(7,8)9)19(22)17(15)20(4,5)6/h10-13,22H,1-9H3. The van der Waals surface area contributed by atoms with Gasteiger partial charge in [-0.15, -0.1) is 0 Å². The molecule has 0 unspecified atom stereocenters. The lowest BCUT2D eigenvalue weighted by Gasteiger charge is -2.32. The van der Waals surface area contributed by atoms with Gasteiger partial charge >= 0.3 is 0 Å². The summed E-state index contributed by atoms with van der Waals surface area (Å²) in [6.45, 7) is 19.2. The normalized spacial score (nSPS) is 13.5. The maximum Gasteiger partial charge on any atom is 0.124 e. The lowest BCUT2D eigenvalue weighted by atomic mass is 9.73. The van der Waals surface area contributed by atoms with Crippen molar-refractivity contribution in [3.05, 3.63) is 40.0 Å². The molecule has 1 N–H and O–H groups in total. The molecule has 0 aliphatic heterocycles. The highest BCUT2D eigenvalue weighted by Crippen LogP contribution is 2.45. The zero-order chi connectivity index (χ0) is 17.3. The fourth-order valence-corrected chi connectivity index (χ4v) is 3.17. The van der Waals surface area contributed by atoms with Crippen LogP contribution in [0.3, 0.4) is 0 Å². The third-order valence-corrected chi connectivity index (χ3v) is 3.99. The number of phenols is 1. The van der Waals surface area contributed by atoms with Crippen molar-refractivity contribution < 1.29 is 5.11 Å². The van der Waals surface area contributed by atoms with Gasteiger partial charge in [0.05, 0.1) is 0 Å². The molecule has 0 saturated carbocycles. The van der Waals surface area contributed by atoms with Crippen LogP contribution in [0, 0.1) is 6.92 Å². The van der Waals surface area contributed by atoms with E-state index in [9.17, 15) is 5.11 Å². The molecule has 0 heterocycles. The van der Waals surface area contributed by atoms with Crippen molar-refractivity contribution in [3.63, 3.8) is 0 Å². The minimum atomic E-state index is -0.113. The summed E-state index contributed by atoms with van der Waals surface area (Å²) in [7, 11) is 0. The Labute approximate surface area is 136 Å². The zero-order valence-electron chi connectivity index (χ0n) is 15.8. The Kier molecular flexibility index (Phi) is 5.33. The molecule has 1 aromatic rings. The summed E-state index contributed by atoms with van der Waals surface area (Å²) in [5.74, 6) is 0.451. The molecule has 0 atom stereocenters. The number of allylic oxidation sites excluding steroid dienone is 2. The third kappa shape index (κ3) is 3.45. The van der Waals surface area contributed by atoms with Crippen LogP contribution in [0.25, 0.3) is 12.2 Å². The van der Waals surface area contributed by atoms with Gasteiger partial charge in [-0.3, -0.25) is 0 Å². The van der Waals surface area contributed by atoms with Gasteiger partial charge in [-0.05, 0) is 48.3 Å². The monoisotopic (exact) mass is 300 g/mol. The molecule has 0 radical (unpaired) electrons. The average molecular weight is 300 g/mol. The molecular formula is C21H32O.